The summed E-state index contributed by atoms with van der Waals surface area (Å²) in [6.07, 6.45) is 2.20. The van der Waals surface area contributed by atoms with Crippen LogP contribution in [-0.4, -0.2) is 78.6 Å². The predicted octanol–water partition coefficient (Wildman–Crippen LogP) is 2.39. The third kappa shape index (κ3) is 4.64. The number of piperazine rings is 1. The van der Waals surface area contributed by atoms with Crippen molar-refractivity contribution < 1.29 is 9.90 Å². The van der Waals surface area contributed by atoms with Gasteiger partial charge in [-0.1, -0.05) is 23.8 Å². The SMILES string of the molecule is Cc1ccc(C)c(C(C(=O)O)N2CCC(CN3CCN(C)CC3)CC2)c1. The molecule has 2 aliphatic rings. The molecule has 2 heterocycles. The molecule has 0 aliphatic carbocycles. The van der Waals surface area contributed by atoms with Gasteiger partial charge in [-0.25, -0.2) is 0 Å². The Bertz CT molecular complexity index is 618. The minimum absolute atomic E-state index is 0.514. The Hall–Kier alpha value is -1.43. The van der Waals surface area contributed by atoms with Gasteiger partial charge in [-0.05, 0) is 63.9 Å². The largest absolute Gasteiger partial charge is 0.480 e. The van der Waals surface area contributed by atoms with Crippen LogP contribution in [0.15, 0.2) is 18.2 Å². The molecule has 0 radical (unpaired) electrons. The van der Waals surface area contributed by atoms with E-state index in [9.17, 15) is 9.90 Å². The molecular formula is C21H33N3O2. The molecule has 1 aromatic carbocycles. The quantitative estimate of drug-likeness (QED) is 0.875. The van der Waals surface area contributed by atoms with Crippen molar-refractivity contribution in [3.63, 3.8) is 0 Å². The number of carbonyl (C=O) groups is 1. The van der Waals surface area contributed by atoms with Crippen molar-refractivity contribution in [3.05, 3.63) is 34.9 Å². The van der Waals surface area contributed by atoms with E-state index in [-0.39, 0.29) is 0 Å². The summed E-state index contributed by atoms with van der Waals surface area (Å²) in [6, 6.07) is 5.63. The molecule has 1 N–H and O–H groups in total. The molecular weight excluding hydrogens is 326 g/mol. The number of aliphatic carboxylic acids is 1. The average molecular weight is 360 g/mol. The van der Waals surface area contributed by atoms with Gasteiger partial charge < -0.3 is 14.9 Å². The summed E-state index contributed by atoms with van der Waals surface area (Å²) in [5, 5.41) is 9.89. The highest BCUT2D eigenvalue weighted by Crippen LogP contribution is 2.30. The molecule has 0 saturated carbocycles. The van der Waals surface area contributed by atoms with Gasteiger partial charge in [-0.2, -0.15) is 0 Å². The summed E-state index contributed by atoms with van der Waals surface area (Å²) < 4.78 is 0. The van der Waals surface area contributed by atoms with E-state index in [2.05, 4.69) is 27.8 Å². The van der Waals surface area contributed by atoms with Crippen LogP contribution in [0.4, 0.5) is 0 Å². The maximum atomic E-state index is 12.0. The van der Waals surface area contributed by atoms with E-state index < -0.39 is 12.0 Å². The molecule has 5 heteroatoms. The van der Waals surface area contributed by atoms with Crippen LogP contribution in [-0.2, 0) is 4.79 Å². The van der Waals surface area contributed by atoms with Gasteiger partial charge in [0.15, 0.2) is 0 Å². The van der Waals surface area contributed by atoms with Crippen LogP contribution in [0.3, 0.4) is 0 Å². The van der Waals surface area contributed by atoms with Gasteiger partial charge in [0.25, 0.3) is 0 Å². The lowest BCUT2D eigenvalue weighted by Gasteiger charge is -2.39. The number of nitrogens with zero attached hydrogens (tertiary/aromatic N) is 3. The van der Waals surface area contributed by atoms with E-state index in [0.717, 1.165) is 68.8 Å². The first-order chi connectivity index (χ1) is 12.4. The Morgan fingerprint density at radius 2 is 1.77 bits per heavy atom. The van der Waals surface area contributed by atoms with E-state index in [1.165, 1.54) is 6.54 Å². The van der Waals surface area contributed by atoms with Gasteiger partial charge in [0.1, 0.15) is 6.04 Å². The Kier molecular flexibility index (Phi) is 6.33. The molecule has 3 rings (SSSR count). The highest BCUT2D eigenvalue weighted by Gasteiger charge is 2.32. The molecule has 2 aliphatic heterocycles. The maximum Gasteiger partial charge on any atom is 0.325 e. The number of piperidine rings is 1. The van der Waals surface area contributed by atoms with Crippen molar-refractivity contribution >= 4 is 5.97 Å². The number of likely N-dealkylation sites (tertiary alicyclic amines) is 1. The zero-order valence-electron chi connectivity index (χ0n) is 16.4. The first kappa shape index (κ1) is 19.3. The number of hydrogen-bond acceptors (Lipinski definition) is 4. The summed E-state index contributed by atoms with van der Waals surface area (Å²) >= 11 is 0. The monoisotopic (exact) mass is 359 g/mol. The summed E-state index contributed by atoms with van der Waals surface area (Å²) in [7, 11) is 2.19. The molecule has 1 atom stereocenters. The average Bonchev–Trinajstić information content (AvgIpc) is 2.61. The van der Waals surface area contributed by atoms with E-state index >= 15 is 0 Å². The zero-order valence-corrected chi connectivity index (χ0v) is 16.4. The fourth-order valence-corrected chi connectivity index (χ4v) is 4.33. The van der Waals surface area contributed by atoms with Crippen molar-refractivity contribution in [2.45, 2.75) is 32.7 Å². The molecule has 0 bridgehead atoms. The third-order valence-corrected chi connectivity index (χ3v) is 6.09. The molecule has 0 amide bonds. The minimum Gasteiger partial charge on any atom is -0.480 e. The number of likely N-dealkylation sites (N-methyl/N-ethyl adjacent to an activating group) is 1. The summed E-state index contributed by atoms with van der Waals surface area (Å²) in [5.74, 6) is -0.0288. The van der Waals surface area contributed by atoms with Gasteiger partial charge in [0.05, 0.1) is 0 Å². The number of aryl methyl sites for hydroxylation is 2. The minimum atomic E-state index is -0.726. The highest BCUT2D eigenvalue weighted by atomic mass is 16.4. The van der Waals surface area contributed by atoms with Crippen molar-refractivity contribution in [2.75, 3.05) is 52.9 Å². The maximum absolute atomic E-state index is 12.0. The Morgan fingerprint density at radius 3 is 2.38 bits per heavy atom. The molecule has 26 heavy (non-hydrogen) atoms. The van der Waals surface area contributed by atoms with Crippen LogP contribution in [0.5, 0.6) is 0 Å². The number of rotatable bonds is 5. The van der Waals surface area contributed by atoms with Crippen molar-refractivity contribution in [1.29, 1.82) is 0 Å². The van der Waals surface area contributed by atoms with Gasteiger partial charge in [0, 0.05) is 32.7 Å². The number of hydrogen-bond donors (Lipinski definition) is 1. The summed E-state index contributed by atoms with van der Waals surface area (Å²) in [6.45, 7) is 11.6. The molecule has 0 aromatic heterocycles. The van der Waals surface area contributed by atoms with E-state index in [1.54, 1.807) is 0 Å². The number of carboxylic acids is 1. The van der Waals surface area contributed by atoms with Crippen molar-refractivity contribution in [1.82, 2.24) is 14.7 Å². The van der Waals surface area contributed by atoms with Gasteiger partial charge >= 0.3 is 5.97 Å². The van der Waals surface area contributed by atoms with Crippen molar-refractivity contribution in [3.8, 4) is 0 Å². The van der Waals surface area contributed by atoms with Crippen LogP contribution < -0.4 is 0 Å². The second-order valence-corrected chi connectivity index (χ2v) is 8.18. The van der Waals surface area contributed by atoms with Crippen LogP contribution in [0.25, 0.3) is 0 Å². The molecule has 1 aromatic rings. The molecule has 144 valence electrons. The molecule has 5 nitrogen and oxygen atoms in total. The van der Waals surface area contributed by atoms with Crippen LogP contribution in [0, 0.1) is 19.8 Å². The summed E-state index contributed by atoms with van der Waals surface area (Å²) in [4.78, 5) is 19.2. The normalized spacial score (nSPS) is 22.4. The molecule has 1 unspecified atom stereocenters. The Morgan fingerprint density at radius 1 is 1.12 bits per heavy atom. The lowest BCUT2D eigenvalue weighted by Crippen LogP contribution is -2.48. The zero-order chi connectivity index (χ0) is 18.7. The van der Waals surface area contributed by atoms with E-state index in [0.29, 0.717) is 5.92 Å². The fourth-order valence-electron chi connectivity index (χ4n) is 4.33. The first-order valence-electron chi connectivity index (χ1n) is 9.89. The Labute approximate surface area is 157 Å². The van der Waals surface area contributed by atoms with E-state index in [4.69, 9.17) is 0 Å². The number of benzene rings is 1. The topological polar surface area (TPSA) is 47.0 Å². The number of carboxylic acid groups (broad SMARTS) is 1. The van der Waals surface area contributed by atoms with E-state index in [1.807, 2.05) is 26.0 Å². The first-order valence-corrected chi connectivity index (χ1v) is 9.89. The van der Waals surface area contributed by atoms with Gasteiger partial charge in [-0.3, -0.25) is 9.69 Å². The van der Waals surface area contributed by atoms with Crippen molar-refractivity contribution in [2.24, 2.45) is 5.92 Å². The fraction of sp³-hybridized carbons (Fsp3) is 0.667. The lowest BCUT2D eigenvalue weighted by atomic mass is 9.92. The molecule has 2 saturated heterocycles. The lowest BCUT2D eigenvalue weighted by molar-refractivity contribution is -0.144. The predicted molar refractivity (Wildman–Crippen MR) is 105 cm³/mol. The smallest absolute Gasteiger partial charge is 0.325 e. The third-order valence-electron chi connectivity index (χ3n) is 6.09. The van der Waals surface area contributed by atoms with Crippen LogP contribution >= 0.6 is 0 Å². The van der Waals surface area contributed by atoms with Gasteiger partial charge in [-0.15, -0.1) is 0 Å². The second-order valence-electron chi connectivity index (χ2n) is 8.18. The standard InChI is InChI=1S/C21H33N3O2/c1-16-4-5-17(2)19(14-16)20(21(25)26)24-8-6-18(7-9-24)15-23-12-10-22(3)11-13-23/h4-5,14,18,20H,6-13,15H2,1-3H3,(H,25,26). The second kappa shape index (κ2) is 8.51. The molecule has 2 fully saturated rings. The van der Waals surface area contributed by atoms with Crippen LogP contribution in [0.2, 0.25) is 0 Å². The summed E-state index contributed by atoms with van der Waals surface area (Å²) in [5.41, 5.74) is 3.15. The highest BCUT2D eigenvalue weighted by molar-refractivity contribution is 5.76. The van der Waals surface area contributed by atoms with Crippen LogP contribution in [0.1, 0.15) is 35.6 Å². The molecule has 0 spiro atoms. The Balaban J connectivity index is 1.60. The van der Waals surface area contributed by atoms with Gasteiger partial charge in [0.2, 0.25) is 0 Å².